The Balaban J connectivity index is 1.84. The van der Waals surface area contributed by atoms with E-state index in [1.165, 1.54) is 4.90 Å². The summed E-state index contributed by atoms with van der Waals surface area (Å²) in [4.78, 5) is 13.0. The first kappa shape index (κ1) is 17.1. The maximum absolute atomic E-state index is 11.8. The average molecular weight is 328 g/mol. The number of nitrogens with one attached hydrogen (secondary N) is 1. The molecule has 23 heavy (non-hydrogen) atoms. The minimum Gasteiger partial charge on any atom is -0.483 e. The second-order valence-electron chi connectivity index (χ2n) is 5.08. The van der Waals surface area contributed by atoms with E-state index in [-0.39, 0.29) is 12.5 Å². The zero-order chi connectivity index (χ0) is 16.7. The molecule has 2 aromatic carbocycles. The lowest BCUT2D eigenvalue weighted by Gasteiger charge is -2.10. The minimum absolute atomic E-state index is 0.0611. The number of para-hydroxylation sites is 1. The van der Waals surface area contributed by atoms with Gasteiger partial charge in [0, 0.05) is 4.90 Å². The summed E-state index contributed by atoms with van der Waals surface area (Å²) in [6.45, 7) is 3.85. The monoisotopic (exact) mass is 328 g/mol. The van der Waals surface area contributed by atoms with E-state index in [9.17, 15) is 4.79 Å². The van der Waals surface area contributed by atoms with Gasteiger partial charge in [-0.05, 0) is 48.9 Å². The molecule has 0 saturated heterocycles. The number of aryl methyl sites for hydroxylation is 2. The van der Waals surface area contributed by atoms with Crippen LogP contribution in [0, 0.1) is 13.8 Å². The Kier molecular flexibility index (Phi) is 6.23. The van der Waals surface area contributed by atoms with Crippen molar-refractivity contribution >= 4 is 23.9 Å². The average Bonchev–Trinajstić information content (AvgIpc) is 2.55. The molecule has 0 saturated carbocycles. The van der Waals surface area contributed by atoms with E-state index in [1.54, 1.807) is 18.0 Å². The highest BCUT2D eigenvalue weighted by Crippen LogP contribution is 2.21. The van der Waals surface area contributed by atoms with Crippen molar-refractivity contribution < 1.29 is 9.53 Å². The second-order valence-corrected chi connectivity index (χ2v) is 5.96. The van der Waals surface area contributed by atoms with Gasteiger partial charge in [-0.3, -0.25) is 4.79 Å². The van der Waals surface area contributed by atoms with Crippen LogP contribution < -0.4 is 10.2 Å². The fourth-order valence-electron chi connectivity index (χ4n) is 2.07. The molecule has 0 atom stereocenters. The van der Waals surface area contributed by atoms with Crippen LogP contribution in [-0.2, 0) is 4.79 Å². The molecule has 0 spiro atoms. The van der Waals surface area contributed by atoms with Crippen LogP contribution in [0.5, 0.6) is 5.75 Å². The second kappa shape index (κ2) is 8.39. The van der Waals surface area contributed by atoms with Gasteiger partial charge in [-0.2, -0.15) is 5.10 Å². The van der Waals surface area contributed by atoms with Gasteiger partial charge < -0.3 is 4.74 Å². The fraction of sp³-hybridized carbons (Fsp3) is 0.222. The van der Waals surface area contributed by atoms with Crippen LogP contribution in [0.15, 0.2) is 52.5 Å². The molecule has 0 aliphatic heterocycles. The first-order valence-corrected chi connectivity index (χ1v) is 8.47. The van der Waals surface area contributed by atoms with E-state index in [1.807, 2.05) is 62.6 Å². The van der Waals surface area contributed by atoms with Crippen molar-refractivity contribution in [2.24, 2.45) is 5.10 Å². The molecule has 0 radical (unpaired) electrons. The highest BCUT2D eigenvalue weighted by molar-refractivity contribution is 7.98. The number of hydrogen-bond donors (Lipinski definition) is 1. The van der Waals surface area contributed by atoms with Crippen molar-refractivity contribution in [1.82, 2.24) is 5.43 Å². The molecule has 0 aromatic heterocycles. The first-order valence-electron chi connectivity index (χ1n) is 7.25. The Morgan fingerprint density at radius 2 is 1.83 bits per heavy atom. The summed E-state index contributed by atoms with van der Waals surface area (Å²) < 4.78 is 5.57. The van der Waals surface area contributed by atoms with Crippen molar-refractivity contribution in [2.75, 3.05) is 12.9 Å². The molecular formula is C18H20N2O2S. The van der Waals surface area contributed by atoms with E-state index in [0.717, 1.165) is 22.4 Å². The predicted molar refractivity (Wildman–Crippen MR) is 95.4 cm³/mol. The van der Waals surface area contributed by atoms with E-state index in [4.69, 9.17) is 4.74 Å². The van der Waals surface area contributed by atoms with Gasteiger partial charge in [-0.15, -0.1) is 11.8 Å². The number of nitrogens with zero attached hydrogens (tertiary/aromatic N) is 1. The quantitative estimate of drug-likeness (QED) is 0.501. The van der Waals surface area contributed by atoms with Crippen LogP contribution in [-0.4, -0.2) is 25.0 Å². The molecule has 5 heteroatoms. The number of thioether (sulfide) groups is 1. The third-order valence-corrected chi connectivity index (χ3v) is 4.02. The van der Waals surface area contributed by atoms with Gasteiger partial charge in [0.15, 0.2) is 6.61 Å². The molecule has 1 amide bonds. The number of benzene rings is 2. The predicted octanol–water partition coefficient (Wildman–Crippen LogP) is 3.55. The minimum atomic E-state index is -0.287. The molecule has 2 aromatic rings. The number of amides is 1. The third-order valence-electron chi connectivity index (χ3n) is 3.28. The molecule has 120 valence electrons. The summed E-state index contributed by atoms with van der Waals surface area (Å²) in [6, 6.07) is 13.8. The van der Waals surface area contributed by atoms with Gasteiger partial charge in [0.25, 0.3) is 5.91 Å². The van der Waals surface area contributed by atoms with E-state index < -0.39 is 0 Å². The van der Waals surface area contributed by atoms with Crippen LogP contribution in [0.2, 0.25) is 0 Å². The normalized spacial score (nSPS) is 10.7. The van der Waals surface area contributed by atoms with Crippen LogP contribution in [0.1, 0.15) is 16.7 Å². The summed E-state index contributed by atoms with van der Waals surface area (Å²) in [7, 11) is 0. The lowest BCUT2D eigenvalue weighted by atomic mass is 10.1. The first-order chi connectivity index (χ1) is 11.1. The van der Waals surface area contributed by atoms with E-state index >= 15 is 0 Å². The zero-order valence-corrected chi connectivity index (χ0v) is 14.3. The summed E-state index contributed by atoms with van der Waals surface area (Å²) >= 11 is 1.68. The Hall–Kier alpha value is -2.27. The Bertz CT molecular complexity index is 676. The number of carbonyl (C=O) groups is 1. The highest BCUT2D eigenvalue weighted by atomic mass is 32.2. The molecule has 2 rings (SSSR count). The Morgan fingerprint density at radius 3 is 2.43 bits per heavy atom. The zero-order valence-electron chi connectivity index (χ0n) is 13.5. The maximum atomic E-state index is 11.8. The summed E-state index contributed by atoms with van der Waals surface area (Å²) in [5.41, 5.74) is 5.42. The number of carbonyl (C=O) groups excluding carboxylic acids is 1. The van der Waals surface area contributed by atoms with Crippen molar-refractivity contribution in [2.45, 2.75) is 18.7 Å². The third kappa shape index (κ3) is 5.14. The fourth-order valence-corrected chi connectivity index (χ4v) is 2.47. The molecule has 0 fully saturated rings. The summed E-state index contributed by atoms with van der Waals surface area (Å²) in [5.74, 6) is 0.462. The maximum Gasteiger partial charge on any atom is 0.277 e. The Labute approximate surface area is 140 Å². The summed E-state index contributed by atoms with van der Waals surface area (Å²) in [6.07, 6.45) is 3.64. The molecular weight excluding hydrogens is 308 g/mol. The SMILES string of the molecule is CSc1ccc(/C=N\NC(=O)COc2c(C)cccc2C)cc1. The van der Waals surface area contributed by atoms with Gasteiger partial charge in [0.2, 0.25) is 0 Å². The van der Waals surface area contributed by atoms with Crippen molar-refractivity contribution in [3.63, 3.8) is 0 Å². The molecule has 0 aliphatic rings. The van der Waals surface area contributed by atoms with Crippen LogP contribution >= 0.6 is 11.8 Å². The van der Waals surface area contributed by atoms with Crippen LogP contribution in [0.25, 0.3) is 0 Å². The lowest BCUT2D eigenvalue weighted by molar-refractivity contribution is -0.123. The summed E-state index contributed by atoms with van der Waals surface area (Å²) in [5, 5.41) is 3.94. The molecule has 0 aliphatic carbocycles. The Morgan fingerprint density at radius 1 is 1.17 bits per heavy atom. The van der Waals surface area contributed by atoms with Gasteiger partial charge in [-0.1, -0.05) is 30.3 Å². The number of ether oxygens (including phenoxy) is 1. The lowest BCUT2D eigenvalue weighted by Crippen LogP contribution is -2.25. The number of hydrazone groups is 1. The number of rotatable bonds is 6. The van der Waals surface area contributed by atoms with Crippen molar-refractivity contribution in [3.8, 4) is 5.75 Å². The van der Waals surface area contributed by atoms with Gasteiger partial charge in [0.05, 0.1) is 6.21 Å². The van der Waals surface area contributed by atoms with Crippen LogP contribution in [0.3, 0.4) is 0 Å². The molecule has 4 nitrogen and oxygen atoms in total. The van der Waals surface area contributed by atoms with Crippen molar-refractivity contribution in [1.29, 1.82) is 0 Å². The van der Waals surface area contributed by atoms with Crippen LogP contribution in [0.4, 0.5) is 0 Å². The standard InChI is InChI=1S/C18H20N2O2S/c1-13-5-4-6-14(2)18(13)22-12-17(21)20-19-11-15-7-9-16(23-3)10-8-15/h4-11H,12H2,1-3H3,(H,20,21)/b19-11-. The number of hydrogen-bond acceptors (Lipinski definition) is 4. The van der Waals surface area contributed by atoms with Gasteiger partial charge >= 0.3 is 0 Å². The topological polar surface area (TPSA) is 50.7 Å². The smallest absolute Gasteiger partial charge is 0.277 e. The largest absolute Gasteiger partial charge is 0.483 e. The van der Waals surface area contributed by atoms with Gasteiger partial charge in [0.1, 0.15) is 5.75 Å². The van der Waals surface area contributed by atoms with Gasteiger partial charge in [-0.25, -0.2) is 5.43 Å². The van der Waals surface area contributed by atoms with E-state index in [2.05, 4.69) is 10.5 Å². The van der Waals surface area contributed by atoms with E-state index in [0.29, 0.717) is 0 Å². The molecule has 0 bridgehead atoms. The molecule has 0 heterocycles. The highest BCUT2D eigenvalue weighted by Gasteiger charge is 2.06. The molecule has 0 unspecified atom stereocenters. The van der Waals surface area contributed by atoms with Crippen molar-refractivity contribution in [3.05, 3.63) is 59.2 Å². The molecule has 1 N–H and O–H groups in total.